The van der Waals surface area contributed by atoms with E-state index in [1.165, 1.54) is 0 Å². The summed E-state index contributed by atoms with van der Waals surface area (Å²) in [4.78, 5) is 10.7. The van der Waals surface area contributed by atoms with Crippen molar-refractivity contribution in [2.75, 3.05) is 0 Å². The highest BCUT2D eigenvalue weighted by Crippen LogP contribution is 2.19. The van der Waals surface area contributed by atoms with Gasteiger partial charge in [-0.15, -0.1) is 0 Å². The zero-order valence-corrected chi connectivity index (χ0v) is 5.11. The fourth-order valence-electron chi connectivity index (χ4n) is 1.04. The van der Waals surface area contributed by atoms with Gasteiger partial charge in [0.2, 0.25) is 0 Å². The number of hydrogen-bond acceptors (Lipinski definition) is 1. The lowest BCUT2D eigenvalue weighted by Crippen LogP contribution is -1.88. The van der Waals surface area contributed by atoms with Gasteiger partial charge in [-0.2, -0.15) is 0 Å². The third kappa shape index (κ3) is 0.808. The lowest BCUT2D eigenvalue weighted by Gasteiger charge is -1.85. The van der Waals surface area contributed by atoms with Crippen LogP contribution in [0.1, 0.15) is 26.2 Å². The molecule has 0 aromatic heterocycles. The van der Waals surface area contributed by atoms with Crippen molar-refractivity contribution >= 4 is 5.78 Å². The first-order chi connectivity index (χ1) is 3.84. The van der Waals surface area contributed by atoms with E-state index >= 15 is 0 Å². The second-order valence-corrected chi connectivity index (χ2v) is 2.09. The van der Waals surface area contributed by atoms with E-state index in [9.17, 15) is 4.79 Å². The average Bonchev–Trinajstić information content (AvgIpc) is 2.14. The fourth-order valence-corrected chi connectivity index (χ4v) is 1.04. The minimum Gasteiger partial charge on any atom is -0.295 e. The summed E-state index contributed by atoms with van der Waals surface area (Å²) in [7, 11) is 0. The molecule has 1 rings (SSSR count). The Bertz CT molecular complexity index is 133. The number of hydrogen-bond donors (Lipinski definition) is 0. The molecule has 0 bridgehead atoms. The second kappa shape index (κ2) is 2.12. The van der Waals surface area contributed by atoms with Gasteiger partial charge in [0.15, 0.2) is 5.78 Å². The first-order valence-corrected chi connectivity index (χ1v) is 3.03. The Hall–Kier alpha value is -0.590. The van der Waals surface area contributed by atoms with Gasteiger partial charge in [-0.3, -0.25) is 4.79 Å². The van der Waals surface area contributed by atoms with Crippen LogP contribution in [0.2, 0.25) is 0 Å². The first kappa shape index (κ1) is 5.54. The van der Waals surface area contributed by atoms with Gasteiger partial charge in [-0.25, -0.2) is 0 Å². The van der Waals surface area contributed by atoms with Crippen molar-refractivity contribution in [1.82, 2.24) is 0 Å². The third-order valence-electron chi connectivity index (χ3n) is 1.56. The maximum atomic E-state index is 10.7. The number of ketones is 1. The van der Waals surface area contributed by atoms with Crippen LogP contribution in [0.15, 0.2) is 11.6 Å². The molecule has 0 aromatic rings. The van der Waals surface area contributed by atoms with Crippen molar-refractivity contribution in [2.24, 2.45) is 0 Å². The zero-order chi connectivity index (χ0) is 5.98. The molecular weight excluding hydrogens is 100 g/mol. The predicted molar refractivity (Wildman–Crippen MR) is 32.6 cm³/mol. The Morgan fingerprint density at radius 1 is 1.50 bits per heavy atom. The largest absolute Gasteiger partial charge is 0.295 e. The van der Waals surface area contributed by atoms with E-state index in [2.05, 4.69) is 0 Å². The summed E-state index contributed by atoms with van der Waals surface area (Å²) in [6.45, 7) is 1.93. The van der Waals surface area contributed by atoms with Crippen molar-refractivity contribution in [3.05, 3.63) is 11.6 Å². The molecule has 0 N–H and O–H groups in total. The third-order valence-corrected chi connectivity index (χ3v) is 1.56. The van der Waals surface area contributed by atoms with Crippen LogP contribution >= 0.6 is 0 Å². The van der Waals surface area contributed by atoms with Crippen molar-refractivity contribution in [3.63, 3.8) is 0 Å². The molecule has 0 amide bonds. The van der Waals surface area contributed by atoms with Crippen molar-refractivity contribution in [1.29, 1.82) is 0 Å². The highest BCUT2D eigenvalue weighted by atomic mass is 16.1. The van der Waals surface area contributed by atoms with Gasteiger partial charge in [0.1, 0.15) is 0 Å². The second-order valence-electron chi connectivity index (χ2n) is 2.09. The molecule has 0 unspecified atom stereocenters. The Morgan fingerprint density at radius 2 is 2.25 bits per heavy atom. The van der Waals surface area contributed by atoms with Crippen molar-refractivity contribution in [3.8, 4) is 0 Å². The molecule has 0 atom stereocenters. The fraction of sp³-hybridized carbons (Fsp3) is 0.571. The molecule has 44 valence electrons. The van der Waals surface area contributed by atoms with E-state index in [1.54, 1.807) is 0 Å². The molecule has 0 heterocycles. The summed E-state index contributed by atoms with van der Waals surface area (Å²) in [5.41, 5.74) is 1.03. The quantitative estimate of drug-likeness (QED) is 0.433. The van der Waals surface area contributed by atoms with Gasteiger partial charge in [-0.05, 0) is 25.3 Å². The molecule has 1 fully saturated rings. The van der Waals surface area contributed by atoms with Crippen LogP contribution in [0.5, 0.6) is 0 Å². The van der Waals surface area contributed by atoms with Crippen LogP contribution in [-0.4, -0.2) is 5.78 Å². The lowest BCUT2D eigenvalue weighted by molar-refractivity contribution is -0.114. The Kier molecular flexibility index (Phi) is 1.47. The summed E-state index contributed by atoms with van der Waals surface area (Å²) in [5.74, 6) is 0.354. The molecule has 1 nitrogen and oxygen atoms in total. The van der Waals surface area contributed by atoms with Crippen molar-refractivity contribution < 1.29 is 4.79 Å². The van der Waals surface area contributed by atoms with Gasteiger partial charge in [0.05, 0.1) is 0 Å². The molecule has 0 saturated heterocycles. The average molecular weight is 110 g/mol. The van der Waals surface area contributed by atoms with E-state index in [0.29, 0.717) is 5.78 Å². The Morgan fingerprint density at radius 3 is 2.50 bits per heavy atom. The highest BCUT2D eigenvalue weighted by molar-refractivity contribution is 5.97. The van der Waals surface area contributed by atoms with E-state index in [0.717, 1.165) is 24.8 Å². The van der Waals surface area contributed by atoms with E-state index in [4.69, 9.17) is 0 Å². The summed E-state index contributed by atoms with van der Waals surface area (Å²) in [5, 5.41) is 0. The monoisotopic (exact) mass is 110 g/mol. The number of rotatable bonds is 0. The lowest BCUT2D eigenvalue weighted by atomic mass is 10.2. The maximum Gasteiger partial charge on any atom is 0.158 e. The molecule has 1 heteroatoms. The maximum absolute atomic E-state index is 10.7. The normalized spacial score (nSPS) is 25.1. The smallest absolute Gasteiger partial charge is 0.158 e. The number of allylic oxidation sites excluding steroid dienone is 2. The molecule has 1 aliphatic rings. The number of carbonyl (C=O) groups is 1. The summed E-state index contributed by atoms with van der Waals surface area (Å²) < 4.78 is 0. The van der Waals surface area contributed by atoms with Crippen LogP contribution < -0.4 is 0 Å². The standard InChI is InChI=1S/C7H10O/c1-2-6-4-3-5-7(6)8/h2H,3-5H2,1H3/b6-2-. The van der Waals surface area contributed by atoms with Crippen molar-refractivity contribution in [2.45, 2.75) is 26.2 Å². The van der Waals surface area contributed by atoms with E-state index in [-0.39, 0.29) is 0 Å². The molecule has 0 aromatic carbocycles. The topological polar surface area (TPSA) is 17.1 Å². The SMILES string of the molecule is C/C=C1/CCCC1=O. The van der Waals surface area contributed by atoms with Crippen LogP contribution in [0, 0.1) is 0 Å². The number of carbonyl (C=O) groups excluding carboxylic acids is 1. The van der Waals surface area contributed by atoms with Gasteiger partial charge in [0.25, 0.3) is 0 Å². The van der Waals surface area contributed by atoms with Gasteiger partial charge in [-0.1, -0.05) is 6.08 Å². The molecule has 0 spiro atoms. The summed E-state index contributed by atoms with van der Waals surface area (Å²) >= 11 is 0. The molecule has 1 aliphatic carbocycles. The van der Waals surface area contributed by atoms with E-state index in [1.807, 2.05) is 13.0 Å². The Balaban J connectivity index is 2.69. The van der Waals surface area contributed by atoms with Gasteiger partial charge >= 0.3 is 0 Å². The molecular formula is C7H10O. The highest BCUT2D eigenvalue weighted by Gasteiger charge is 2.14. The number of Topliss-reactive ketones (excluding diaryl/α,β-unsaturated/α-hetero) is 1. The molecule has 8 heavy (non-hydrogen) atoms. The first-order valence-electron chi connectivity index (χ1n) is 3.03. The predicted octanol–water partition coefficient (Wildman–Crippen LogP) is 1.69. The summed E-state index contributed by atoms with van der Waals surface area (Å²) in [6, 6.07) is 0. The van der Waals surface area contributed by atoms with Crippen LogP contribution in [0.4, 0.5) is 0 Å². The van der Waals surface area contributed by atoms with Crippen LogP contribution in [0.3, 0.4) is 0 Å². The Labute approximate surface area is 49.4 Å². The zero-order valence-electron chi connectivity index (χ0n) is 5.11. The summed E-state index contributed by atoms with van der Waals surface area (Å²) in [6.07, 6.45) is 4.78. The van der Waals surface area contributed by atoms with Gasteiger partial charge in [0, 0.05) is 6.42 Å². The minimum atomic E-state index is 0.354. The molecule has 0 radical (unpaired) electrons. The minimum absolute atomic E-state index is 0.354. The molecule has 0 aliphatic heterocycles. The van der Waals surface area contributed by atoms with Crippen LogP contribution in [-0.2, 0) is 4.79 Å². The van der Waals surface area contributed by atoms with Crippen LogP contribution in [0.25, 0.3) is 0 Å². The van der Waals surface area contributed by atoms with Gasteiger partial charge < -0.3 is 0 Å². The van der Waals surface area contributed by atoms with E-state index < -0.39 is 0 Å². The molecule has 1 saturated carbocycles.